The Balaban J connectivity index is 1.89. The molecule has 2 atom stereocenters. The Morgan fingerprint density at radius 2 is 2.08 bits per heavy atom. The molecular weight excluding hydrogens is 298 g/mol. The minimum absolute atomic E-state index is 0.0410. The summed E-state index contributed by atoms with van der Waals surface area (Å²) in [7, 11) is 0. The predicted molar refractivity (Wildman–Crippen MR) is 90.0 cm³/mol. The van der Waals surface area contributed by atoms with Crippen LogP contribution in [0, 0.1) is 17.2 Å². The maximum atomic E-state index is 12.1. The first kappa shape index (κ1) is 14.8. The Morgan fingerprint density at radius 3 is 2.83 bits per heavy atom. The summed E-state index contributed by atoms with van der Waals surface area (Å²) in [6.07, 6.45) is 5.98. The number of allylic oxidation sites excluding steroid dienone is 2. The highest BCUT2D eigenvalue weighted by Crippen LogP contribution is 2.46. The van der Waals surface area contributed by atoms with Gasteiger partial charge in [-0.25, -0.2) is 9.97 Å². The number of carbonyl (C=O) groups is 1. The third kappa shape index (κ3) is 2.16. The van der Waals surface area contributed by atoms with E-state index >= 15 is 0 Å². The van der Waals surface area contributed by atoms with Crippen molar-refractivity contribution in [1.29, 1.82) is 5.26 Å². The van der Waals surface area contributed by atoms with Crippen LogP contribution in [0.15, 0.2) is 48.2 Å². The lowest BCUT2D eigenvalue weighted by Gasteiger charge is -2.42. The monoisotopic (exact) mass is 315 g/mol. The third-order valence-corrected chi connectivity index (χ3v) is 5.31. The molecule has 1 aromatic heterocycles. The number of carbonyl (C=O) groups excluding carboxylic acids is 1. The number of aryl methyl sites for hydroxylation is 1. The van der Waals surface area contributed by atoms with Gasteiger partial charge in [0.15, 0.2) is 11.6 Å². The van der Waals surface area contributed by atoms with Gasteiger partial charge in [-0.1, -0.05) is 43.3 Å². The molecule has 2 aromatic rings. The molecule has 0 aliphatic heterocycles. The predicted octanol–water partition coefficient (Wildman–Crippen LogP) is 3.39. The molecule has 118 valence electrons. The van der Waals surface area contributed by atoms with Crippen LogP contribution < -0.4 is 0 Å². The summed E-state index contributed by atoms with van der Waals surface area (Å²) in [4.78, 5) is 21.5. The molecule has 0 bridgehead atoms. The van der Waals surface area contributed by atoms with Crippen LogP contribution in [-0.4, -0.2) is 15.8 Å². The summed E-state index contributed by atoms with van der Waals surface area (Å²) in [6.45, 7) is 2.10. The van der Waals surface area contributed by atoms with Gasteiger partial charge in [-0.05, 0) is 24.3 Å². The Morgan fingerprint density at radius 1 is 1.29 bits per heavy atom. The number of fused-ring (bicyclic) bond motifs is 3. The average molecular weight is 315 g/mol. The fourth-order valence-corrected chi connectivity index (χ4v) is 3.91. The zero-order valence-electron chi connectivity index (χ0n) is 13.5. The molecule has 0 spiro atoms. The van der Waals surface area contributed by atoms with E-state index in [2.05, 4.69) is 18.0 Å². The van der Waals surface area contributed by atoms with E-state index in [1.165, 1.54) is 0 Å². The van der Waals surface area contributed by atoms with Crippen molar-refractivity contribution < 1.29 is 4.79 Å². The molecule has 2 aliphatic carbocycles. The van der Waals surface area contributed by atoms with Crippen LogP contribution in [0.4, 0.5) is 0 Å². The topological polar surface area (TPSA) is 66.6 Å². The second-order valence-electron chi connectivity index (χ2n) is 6.75. The second kappa shape index (κ2) is 5.38. The van der Waals surface area contributed by atoms with Crippen LogP contribution in [-0.2, 0) is 16.6 Å². The summed E-state index contributed by atoms with van der Waals surface area (Å²) >= 11 is 0. The van der Waals surface area contributed by atoms with Gasteiger partial charge in [0.1, 0.15) is 6.07 Å². The first-order valence-corrected chi connectivity index (χ1v) is 8.20. The van der Waals surface area contributed by atoms with Crippen LogP contribution >= 0.6 is 0 Å². The highest BCUT2D eigenvalue weighted by molar-refractivity contribution is 6.00. The van der Waals surface area contributed by atoms with Crippen LogP contribution in [0.2, 0.25) is 0 Å². The van der Waals surface area contributed by atoms with Crippen LogP contribution in [0.1, 0.15) is 31.0 Å². The van der Waals surface area contributed by atoms with Crippen molar-refractivity contribution in [2.75, 3.05) is 0 Å². The number of hydrogen-bond acceptors (Lipinski definition) is 4. The molecule has 2 aliphatic rings. The Bertz CT molecular complexity index is 895. The molecule has 0 fully saturated rings. The lowest BCUT2D eigenvalue weighted by atomic mass is 9.61. The molecule has 2 unspecified atom stereocenters. The molecule has 0 saturated carbocycles. The van der Waals surface area contributed by atoms with Crippen molar-refractivity contribution in [3.63, 3.8) is 0 Å². The minimum Gasteiger partial charge on any atom is -0.293 e. The Labute approximate surface area is 140 Å². The van der Waals surface area contributed by atoms with Gasteiger partial charge in [0.25, 0.3) is 0 Å². The molecule has 1 heterocycles. The summed E-state index contributed by atoms with van der Waals surface area (Å²) < 4.78 is 0. The van der Waals surface area contributed by atoms with Crippen LogP contribution in [0.3, 0.4) is 0 Å². The number of benzene rings is 1. The smallest absolute Gasteiger partial charge is 0.173 e. The number of aromatic nitrogens is 2. The normalized spacial score (nSPS) is 25.2. The maximum Gasteiger partial charge on any atom is 0.173 e. The number of ketones is 1. The molecule has 24 heavy (non-hydrogen) atoms. The average Bonchev–Trinajstić information content (AvgIpc) is 2.62. The van der Waals surface area contributed by atoms with Crippen molar-refractivity contribution in [2.24, 2.45) is 5.92 Å². The molecule has 1 aromatic carbocycles. The van der Waals surface area contributed by atoms with Gasteiger partial charge < -0.3 is 0 Å². The van der Waals surface area contributed by atoms with Gasteiger partial charge in [-0.15, -0.1) is 0 Å². The zero-order valence-corrected chi connectivity index (χ0v) is 13.5. The molecule has 0 amide bonds. The van der Waals surface area contributed by atoms with Crippen LogP contribution in [0.25, 0.3) is 11.4 Å². The zero-order chi connectivity index (χ0) is 16.7. The van der Waals surface area contributed by atoms with E-state index in [0.717, 1.165) is 29.7 Å². The van der Waals surface area contributed by atoms with Crippen molar-refractivity contribution >= 4 is 5.78 Å². The fourth-order valence-electron chi connectivity index (χ4n) is 3.91. The van der Waals surface area contributed by atoms with Gasteiger partial charge in [-0.2, -0.15) is 5.26 Å². The number of nitriles is 1. The van der Waals surface area contributed by atoms with Gasteiger partial charge in [0.2, 0.25) is 0 Å². The molecule has 0 saturated heterocycles. The number of hydrogen-bond donors (Lipinski definition) is 0. The molecular formula is C20H17N3O. The quantitative estimate of drug-likeness (QED) is 0.809. The summed E-state index contributed by atoms with van der Waals surface area (Å²) in [5, 5.41) is 9.27. The SMILES string of the molecule is CC12C=C(C#N)C(=O)CC1CCc1cnc(-c3ccccc3)nc12. The summed E-state index contributed by atoms with van der Waals surface area (Å²) in [6, 6.07) is 11.9. The highest BCUT2D eigenvalue weighted by atomic mass is 16.1. The number of rotatable bonds is 1. The number of nitrogens with zero attached hydrogens (tertiary/aromatic N) is 3. The van der Waals surface area contributed by atoms with E-state index in [-0.39, 0.29) is 22.7 Å². The molecule has 0 N–H and O–H groups in total. The van der Waals surface area contributed by atoms with Crippen LogP contribution in [0.5, 0.6) is 0 Å². The molecule has 0 radical (unpaired) electrons. The largest absolute Gasteiger partial charge is 0.293 e. The highest BCUT2D eigenvalue weighted by Gasteiger charge is 2.45. The molecule has 4 rings (SSSR count). The first-order valence-electron chi connectivity index (χ1n) is 8.20. The number of Topliss-reactive ketones (excluding diaryl/α,β-unsaturated/α-hetero) is 1. The van der Waals surface area contributed by atoms with E-state index in [1.54, 1.807) is 0 Å². The van der Waals surface area contributed by atoms with Gasteiger partial charge in [0.05, 0.1) is 11.3 Å². The Hall–Kier alpha value is -2.80. The Kier molecular flexibility index (Phi) is 3.31. The van der Waals surface area contributed by atoms with Gasteiger partial charge in [0, 0.05) is 23.6 Å². The lowest BCUT2D eigenvalue weighted by molar-refractivity contribution is -0.117. The van der Waals surface area contributed by atoms with Crippen molar-refractivity contribution in [3.05, 3.63) is 59.4 Å². The van der Waals surface area contributed by atoms with Crippen molar-refractivity contribution in [2.45, 2.75) is 31.6 Å². The first-order chi connectivity index (χ1) is 11.6. The second-order valence-corrected chi connectivity index (χ2v) is 6.75. The standard InChI is InChI=1S/C20H17N3O/c1-20-10-15(11-21)17(24)9-16(20)8-7-14-12-22-19(23-18(14)20)13-5-3-2-4-6-13/h2-6,10,12,16H,7-9H2,1H3. The van der Waals surface area contributed by atoms with Gasteiger partial charge >= 0.3 is 0 Å². The van der Waals surface area contributed by atoms with E-state index in [0.29, 0.717) is 12.2 Å². The van der Waals surface area contributed by atoms with E-state index < -0.39 is 0 Å². The molecule has 4 heteroatoms. The molecule has 4 nitrogen and oxygen atoms in total. The summed E-state index contributed by atoms with van der Waals surface area (Å²) in [5.74, 6) is 0.855. The summed E-state index contributed by atoms with van der Waals surface area (Å²) in [5.41, 5.74) is 2.95. The maximum absolute atomic E-state index is 12.1. The van der Waals surface area contributed by atoms with E-state index in [1.807, 2.05) is 42.6 Å². The lowest BCUT2D eigenvalue weighted by Crippen LogP contribution is -2.41. The fraction of sp³-hybridized carbons (Fsp3) is 0.300. The van der Waals surface area contributed by atoms with Gasteiger partial charge in [-0.3, -0.25) is 4.79 Å². The van der Waals surface area contributed by atoms with Crippen molar-refractivity contribution in [3.8, 4) is 17.5 Å². The third-order valence-electron chi connectivity index (χ3n) is 5.31. The minimum atomic E-state index is -0.376. The van der Waals surface area contributed by atoms with Crippen molar-refractivity contribution in [1.82, 2.24) is 9.97 Å². The van der Waals surface area contributed by atoms with E-state index in [9.17, 15) is 10.1 Å². The van der Waals surface area contributed by atoms with E-state index in [4.69, 9.17) is 4.98 Å².